The summed E-state index contributed by atoms with van der Waals surface area (Å²) in [6.07, 6.45) is 1.07. The fourth-order valence-electron chi connectivity index (χ4n) is 2.58. The average molecular weight is 286 g/mol. The highest BCUT2D eigenvalue weighted by atomic mass is 16.5. The van der Waals surface area contributed by atoms with Crippen molar-refractivity contribution in [1.29, 1.82) is 0 Å². The van der Waals surface area contributed by atoms with Crippen LogP contribution in [0.1, 0.15) is 17.9 Å². The second-order valence-corrected chi connectivity index (χ2v) is 4.93. The van der Waals surface area contributed by atoms with Gasteiger partial charge in [-0.05, 0) is 12.0 Å². The number of nitrogens with two attached hydrogens (primary N) is 1. The minimum Gasteiger partial charge on any atom is -0.467 e. The summed E-state index contributed by atoms with van der Waals surface area (Å²) in [6.45, 7) is 1.78. The van der Waals surface area contributed by atoms with Crippen molar-refractivity contribution in [3.8, 4) is 6.01 Å². The Morgan fingerprint density at radius 2 is 2.05 bits per heavy atom. The van der Waals surface area contributed by atoms with Crippen LogP contribution in [0.2, 0.25) is 0 Å². The summed E-state index contributed by atoms with van der Waals surface area (Å²) in [4.78, 5) is 14.7. The van der Waals surface area contributed by atoms with Gasteiger partial charge in [-0.3, -0.25) is 5.43 Å². The van der Waals surface area contributed by atoms with Gasteiger partial charge in [-0.1, -0.05) is 30.3 Å². The van der Waals surface area contributed by atoms with Gasteiger partial charge in [-0.15, -0.1) is 0 Å². The molecule has 0 saturated carbocycles. The second-order valence-electron chi connectivity index (χ2n) is 4.93. The number of hydrogen-bond donors (Lipinski definition) is 2. The number of hydrogen-bond acceptors (Lipinski definition) is 7. The van der Waals surface area contributed by atoms with Gasteiger partial charge in [0.25, 0.3) is 0 Å². The molecular formula is C14H18N6O. The van der Waals surface area contributed by atoms with Crippen LogP contribution in [-0.4, -0.2) is 35.2 Å². The molecule has 7 nitrogen and oxygen atoms in total. The number of methoxy groups -OCH3 is 1. The lowest BCUT2D eigenvalue weighted by atomic mass is 9.99. The first kappa shape index (κ1) is 13.6. The Balaban J connectivity index is 1.80. The van der Waals surface area contributed by atoms with E-state index in [1.165, 1.54) is 12.7 Å². The number of nitrogen functional groups attached to an aromatic ring is 1. The van der Waals surface area contributed by atoms with Crippen molar-refractivity contribution in [3.05, 3.63) is 35.9 Å². The predicted molar refractivity (Wildman–Crippen MR) is 80.2 cm³/mol. The van der Waals surface area contributed by atoms with Gasteiger partial charge in [-0.25, -0.2) is 5.84 Å². The van der Waals surface area contributed by atoms with Crippen LogP contribution < -0.4 is 20.9 Å². The Morgan fingerprint density at radius 3 is 2.76 bits per heavy atom. The molecule has 1 saturated heterocycles. The van der Waals surface area contributed by atoms with Crippen molar-refractivity contribution in [3.63, 3.8) is 0 Å². The van der Waals surface area contributed by atoms with Crippen molar-refractivity contribution in [2.45, 2.75) is 12.3 Å². The number of anilines is 2. The molecule has 0 spiro atoms. The first-order valence-electron chi connectivity index (χ1n) is 6.86. The van der Waals surface area contributed by atoms with E-state index >= 15 is 0 Å². The molecule has 1 aliphatic heterocycles. The van der Waals surface area contributed by atoms with Crippen LogP contribution in [0, 0.1) is 0 Å². The van der Waals surface area contributed by atoms with E-state index in [9.17, 15) is 0 Å². The minimum absolute atomic E-state index is 0.260. The lowest BCUT2D eigenvalue weighted by Gasteiger charge is -2.17. The standard InChI is InChI=1S/C14H18N6O/c1-21-14-17-12(19-15)16-13(18-14)20-8-7-11(9-20)10-5-3-2-4-6-10/h2-6,11H,7-9,15H2,1H3,(H,16,17,18,19). The third-order valence-electron chi connectivity index (χ3n) is 3.66. The zero-order chi connectivity index (χ0) is 14.7. The molecule has 2 aromatic rings. The Hall–Kier alpha value is -2.41. The predicted octanol–water partition coefficient (Wildman–Crippen LogP) is 1.16. The molecule has 1 unspecified atom stereocenters. The number of benzene rings is 1. The van der Waals surface area contributed by atoms with Crippen LogP contribution in [0.3, 0.4) is 0 Å². The van der Waals surface area contributed by atoms with E-state index < -0.39 is 0 Å². The van der Waals surface area contributed by atoms with Crippen molar-refractivity contribution >= 4 is 11.9 Å². The highest BCUT2D eigenvalue weighted by molar-refractivity contribution is 5.40. The summed E-state index contributed by atoms with van der Waals surface area (Å²) < 4.78 is 5.08. The number of ether oxygens (including phenoxy) is 1. The highest BCUT2D eigenvalue weighted by Gasteiger charge is 2.26. The molecule has 0 amide bonds. The summed E-state index contributed by atoms with van der Waals surface area (Å²) in [6, 6.07) is 10.8. The summed E-state index contributed by atoms with van der Waals surface area (Å²) in [5.74, 6) is 6.77. The Kier molecular flexibility index (Phi) is 3.83. The molecule has 1 aromatic heterocycles. The summed E-state index contributed by atoms with van der Waals surface area (Å²) in [5, 5.41) is 0. The second kappa shape index (κ2) is 5.92. The van der Waals surface area contributed by atoms with E-state index in [1.807, 2.05) is 6.07 Å². The molecule has 7 heteroatoms. The highest BCUT2D eigenvalue weighted by Crippen LogP contribution is 2.29. The van der Waals surface area contributed by atoms with Crippen molar-refractivity contribution in [2.24, 2.45) is 5.84 Å². The molecule has 0 bridgehead atoms. The molecule has 21 heavy (non-hydrogen) atoms. The lowest BCUT2D eigenvalue weighted by molar-refractivity contribution is 0.379. The first-order chi connectivity index (χ1) is 10.3. The number of nitrogens with one attached hydrogen (secondary N) is 1. The topological polar surface area (TPSA) is 89.2 Å². The SMILES string of the molecule is COc1nc(NN)nc(N2CCC(c3ccccc3)C2)n1. The Bertz CT molecular complexity index is 583. The van der Waals surface area contributed by atoms with E-state index in [1.54, 1.807) is 0 Å². The van der Waals surface area contributed by atoms with Gasteiger partial charge >= 0.3 is 6.01 Å². The normalized spacial score (nSPS) is 17.8. The van der Waals surface area contributed by atoms with Crippen LogP contribution in [0.25, 0.3) is 0 Å². The summed E-state index contributed by atoms with van der Waals surface area (Å²) in [5.41, 5.74) is 3.79. The Labute approximate surface area is 123 Å². The van der Waals surface area contributed by atoms with E-state index in [0.29, 0.717) is 17.8 Å². The molecule has 3 N–H and O–H groups in total. The maximum Gasteiger partial charge on any atom is 0.322 e. The number of nitrogens with zero attached hydrogens (tertiary/aromatic N) is 4. The first-order valence-corrected chi connectivity index (χ1v) is 6.86. The van der Waals surface area contributed by atoms with Gasteiger partial charge in [-0.2, -0.15) is 15.0 Å². The van der Waals surface area contributed by atoms with Crippen molar-refractivity contribution in [2.75, 3.05) is 30.5 Å². The van der Waals surface area contributed by atoms with Crippen molar-refractivity contribution < 1.29 is 4.74 Å². The van der Waals surface area contributed by atoms with Crippen LogP contribution in [-0.2, 0) is 0 Å². The van der Waals surface area contributed by atoms with Gasteiger partial charge in [0.05, 0.1) is 7.11 Å². The molecule has 1 fully saturated rings. The van der Waals surface area contributed by atoms with Crippen molar-refractivity contribution in [1.82, 2.24) is 15.0 Å². The molecule has 2 heterocycles. The van der Waals surface area contributed by atoms with E-state index in [4.69, 9.17) is 10.6 Å². The summed E-state index contributed by atoms with van der Waals surface area (Å²) in [7, 11) is 1.52. The number of hydrazine groups is 1. The third kappa shape index (κ3) is 2.87. The van der Waals surface area contributed by atoms with Crippen LogP contribution in [0.5, 0.6) is 6.01 Å². The molecule has 1 aromatic carbocycles. The fourth-order valence-corrected chi connectivity index (χ4v) is 2.58. The minimum atomic E-state index is 0.260. The maximum absolute atomic E-state index is 5.38. The van der Waals surface area contributed by atoms with Gasteiger partial charge < -0.3 is 9.64 Å². The molecular weight excluding hydrogens is 268 g/mol. The van der Waals surface area contributed by atoms with Gasteiger partial charge in [0.15, 0.2) is 0 Å². The monoisotopic (exact) mass is 286 g/mol. The van der Waals surface area contributed by atoms with Gasteiger partial charge in [0.2, 0.25) is 11.9 Å². The maximum atomic E-state index is 5.38. The zero-order valence-electron chi connectivity index (χ0n) is 11.9. The van der Waals surface area contributed by atoms with Crippen LogP contribution in [0.4, 0.5) is 11.9 Å². The number of aromatic nitrogens is 3. The largest absolute Gasteiger partial charge is 0.467 e. The molecule has 0 aliphatic carbocycles. The van der Waals surface area contributed by atoms with Crippen LogP contribution >= 0.6 is 0 Å². The zero-order valence-corrected chi connectivity index (χ0v) is 11.9. The quantitative estimate of drug-likeness (QED) is 0.644. The van der Waals surface area contributed by atoms with Crippen LogP contribution in [0.15, 0.2) is 30.3 Å². The van der Waals surface area contributed by atoms with Gasteiger partial charge in [0.1, 0.15) is 0 Å². The van der Waals surface area contributed by atoms with E-state index in [-0.39, 0.29) is 6.01 Å². The molecule has 1 aliphatic rings. The van der Waals surface area contributed by atoms with E-state index in [2.05, 4.69) is 49.5 Å². The lowest BCUT2D eigenvalue weighted by Crippen LogP contribution is -2.23. The van der Waals surface area contributed by atoms with E-state index in [0.717, 1.165) is 19.5 Å². The average Bonchev–Trinajstić information content (AvgIpc) is 3.05. The Morgan fingerprint density at radius 1 is 1.24 bits per heavy atom. The molecule has 3 rings (SSSR count). The smallest absolute Gasteiger partial charge is 0.322 e. The summed E-state index contributed by atoms with van der Waals surface area (Å²) >= 11 is 0. The molecule has 110 valence electrons. The molecule has 0 radical (unpaired) electrons. The number of rotatable bonds is 4. The third-order valence-corrected chi connectivity index (χ3v) is 3.66. The van der Waals surface area contributed by atoms with Gasteiger partial charge in [0, 0.05) is 19.0 Å². The molecule has 1 atom stereocenters. The fraction of sp³-hybridized carbons (Fsp3) is 0.357.